The monoisotopic (exact) mass is 409 g/mol. The summed E-state index contributed by atoms with van der Waals surface area (Å²) in [6.45, 7) is 2.99. The zero-order valence-electron chi connectivity index (χ0n) is 13.1. The zero-order valence-corrected chi connectivity index (χ0v) is 15.5. The predicted molar refractivity (Wildman–Crippen MR) is 102 cm³/mol. The van der Waals surface area contributed by atoms with Gasteiger partial charge in [0.2, 0.25) is 0 Å². The lowest BCUT2D eigenvalue weighted by molar-refractivity contribution is 0.303. The molecule has 0 atom stereocenters. The summed E-state index contributed by atoms with van der Waals surface area (Å²) >= 11 is 8.47. The molecule has 24 heavy (non-hydrogen) atoms. The zero-order chi connectivity index (χ0) is 17.4. The molecule has 0 aliphatic heterocycles. The maximum Gasteiger partial charge on any atom is 0.186 e. The number of nitrogens with zero attached hydrogens (tertiary/aromatic N) is 1. The number of nitrogens with one attached hydrogen (secondary N) is 2. The highest BCUT2D eigenvalue weighted by Crippen LogP contribution is 2.26. The number of hydrazone groups is 1. The summed E-state index contributed by atoms with van der Waals surface area (Å²) in [6.07, 6.45) is 1.66. The first-order valence-corrected chi connectivity index (χ1v) is 8.52. The average Bonchev–Trinajstić information content (AvgIpc) is 2.54. The van der Waals surface area contributed by atoms with Gasteiger partial charge in [0.25, 0.3) is 0 Å². The molecule has 0 spiro atoms. The van der Waals surface area contributed by atoms with Crippen molar-refractivity contribution < 1.29 is 9.13 Å². The van der Waals surface area contributed by atoms with Gasteiger partial charge in [-0.1, -0.05) is 12.1 Å². The van der Waals surface area contributed by atoms with Crippen LogP contribution in [0.2, 0.25) is 0 Å². The van der Waals surface area contributed by atoms with E-state index in [0.717, 1.165) is 22.1 Å². The van der Waals surface area contributed by atoms with Crippen molar-refractivity contribution in [1.29, 1.82) is 0 Å². The van der Waals surface area contributed by atoms with Crippen LogP contribution in [0.3, 0.4) is 0 Å². The Hall–Kier alpha value is -1.99. The first-order valence-electron chi connectivity index (χ1n) is 7.32. The minimum Gasteiger partial charge on any atom is -0.488 e. The van der Waals surface area contributed by atoms with Crippen molar-refractivity contribution in [3.05, 3.63) is 63.9 Å². The normalized spacial score (nSPS) is 10.6. The lowest BCUT2D eigenvalue weighted by atomic mass is 10.2. The minimum absolute atomic E-state index is 0.273. The Morgan fingerprint density at radius 1 is 1.33 bits per heavy atom. The summed E-state index contributed by atoms with van der Waals surface area (Å²) in [5, 5.41) is 7.47. The van der Waals surface area contributed by atoms with E-state index in [-0.39, 0.29) is 5.82 Å². The lowest BCUT2D eigenvalue weighted by Gasteiger charge is -2.09. The second-order valence-corrected chi connectivity index (χ2v) is 6.10. The predicted octanol–water partition coefficient (Wildman–Crippen LogP) is 3.99. The highest BCUT2D eigenvalue weighted by atomic mass is 79.9. The molecule has 2 aromatic rings. The Labute approximate surface area is 154 Å². The summed E-state index contributed by atoms with van der Waals surface area (Å²) in [7, 11) is 0. The molecule has 0 aliphatic rings. The van der Waals surface area contributed by atoms with Crippen LogP contribution in [-0.2, 0) is 6.61 Å². The van der Waals surface area contributed by atoms with Crippen molar-refractivity contribution in [2.45, 2.75) is 13.5 Å². The number of halogens is 2. The molecule has 7 heteroatoms. The van der Waals surface area contributed by atoms with Crippen LogP contribution in [0, 0.1) is 5.82 Å². The van der Waals surface area contributed by atoms with Crippen molar-refractivity contribution in [2.75, 3.05) is 6.54 Å². The third-order valence-corrected chi connectivity index (χ3v) is 3.81. The molecule has 0 aromatic heterocycles. The molecule has 126 valence electrons. The molecule has 0 amide bonds. The molecule has 0 bridgehead atoms. The summed E-state index contributed by atoms with van der Waals surface area (Å²) in [5.41, 5.74) is 4.38. The van der Waals surface area contributed by atoms with E-state index in [1.807, 2.05) is 31.2 Å². The second-order valence-electron chi connectivity index (χ2n) is 4.84. The Morgan fingerprint density at radius 2 is 2.17 bits per heavy atom. The van der Waals surface area contributed by atoms with Gasteiger partial charge < -0.3 is 10.1 Å². The lowest BCUT2D eigenvalue weighted by Crippen LogP contribution is -2.31. The standard InChI is InChI=1S/C17H17BrFN3OS/c1-2-20-17(24)22-21-10-12-6-7-16(15(18)9-12)23-11-13-4-3-5-14(19)8-13/h3-10H,2,11H2,1H3,(H2,20,22,24)/b21-10-. The molecule has 0 fully saturated rings. The van der Waals surface area contributed by atoms with Crippen molar-refractivity contribution in [2.24, 2.45) is 5.10 Å². The van der Waals surface area contributed by atoms with Gasteiger partial charge in [0.05, 0.1) is 10.7 Å². The number of rotatable bonds is 6. The van der Waals surface area contributed by atoms with Crippen LogP contribution in [-0.4, -0.2) is 17.9 Å². The summed E-state index contributed by atoms with van der Waals surface area (Å²) in [6, 6.07) is 11.9. The third-order valence-electron chi connectivity index (χ3n) is 2.96. The van der Waals surface area contributed by atoms with E-state index >= 15 is 0 Å². The van der Waals surface area contributed by atoms with Crippen molar-refractivity contribution in [1.82, 2.24) is 10.7 Å². The van der Waals surface area contributed by atoms with Gasteiger partial charge in [-0.25, -0.2) is 4.39 Å². The number of thiocarbonyl (C=S) groups is 1. The van der Waals surface area contributed by atoms with Gasteiger partial charge in [0, 0.05) is 6.54 Å². The highest BCUT2D eigenvalue weighted by Gasteiger charge is 2.03. The summed E-state index contributed by atoms with van der Waals surface area (Å²) in [4.78, 5) is 0. The van der Waals surface area contributed by atoms with Gasteiger partial charge in [-0.3, -0.25) is 5.43 Å². The van der Waals surface area contributed by atoms with Crippen LogP contribution in [0.25, 0.3) is 0 Å². The van der Waals surface area contributed by atoms with E-state index in [1.54, 1.807) is 12.3 Å². The number of ether oxygens (including phenoxy) is 1. The maximum absolute atomic E-state index is 13.1. The van der Waals surface area contributed by atoms with Crippen LogP contribution in [0.5, 0.6) is 5.75 Å². The SMILES string of the molecule is CCNC(=S)N/N=C\c1ccc(OCc2cccc(F)c2)c(Br)c1. The molecular weight excluding hydrogens is 393 g/mol. The fourth-order valence-electron chi connectivity index (χ4n) is 1.87. The maximum atomic E-state index is 13.1. The smallest absolute Gasteiger partial charge is 0.186 e. The largest absolute Gasteiger partial charge is 0.488 e. The van der Waals surface area contributed by atoms with E-state index in [4.69, 9.17) is 17.0 Å². The fourth-order valence-corrected chi connectivity index (χ4v) is 2.58. The van der Waals surface area contributed by atoms with E-state index in [9.17, 15) is 4.39 Å². The molecule has 4 nitrogen and oxygen atoms in total. The molecule has 0 unspecified atom stereocenters. The van der Waals surface area contributed by atoms with Gasteiger partial charge in [0.1, 0.15) is 18.2 Å². The Balaban J connectivity index is 1.94. The van der Waals surface area contributed by atoms with Gasteiger partial charge in [-0.15, -0.1) is 0 Å². The van der Waals surface area contributed by atoms with Crippen LogP contribution < -0.4 is 15.5 Å². The van der Waals surface area contributed by atoms with Crippen molar-refractivity contribution in [3.63, 3.8) is 0 Å². The van der Waals surface area contributed by atoms with Gasteiger partial charge in [-0.05, 0) is 76.5 Å². The summed E-state index contributed by atoms with van der Waals surface area (Å²) < 4.78 is 19.6. The highest BCUT2D eigenvalue weighted by molar-refractivity contribution is 9.10. The van der Waals surface area contributed by atoms with Gasteiger partial charge in [-0.2, -0.15) is 5.10 Å². The average molecular weight is 410 g/mol. The molecule has 2 N–H and O–H groups in total. The third kappa shape index (κ3) is 5.90. The van der Waals surface area contributed by atoms with Gasteiger partial charge in [0.15, 0.2) is 5.11 Å². The van der Waals surface area contributed by atoms with Crippen LogP contribution in [0.15, 0.2) is 52.0 Å². The Bertz CT molecular complexity index is 740. The van der Waals surface area contributed by atoms with E-state index < -0.39 is 0 Å². The van der Waals surface area contributed by atoms with Crippen molar-refractivity contribution >= 4 is 39.5 Å². The second kappa shape index (κ2) is 9.34. The van der Waals surface area contributed by atoms with Gasteiger partial charge >= 0.3 is 0 Å². The molecule has 0 saturated heterocycles. The van der Waals surface area contributed by atoms with E-state index in [0.29, 0.717) is 17.5 Å². The van der Waals surface area contributed by atoms with Crippen molar-refractivity contribution in [3.8, 4) is 5.75 Å². The van der Waals surface area contributed by atoms with E-state index in [2.05, 4.69) is 31.8 Å². The van der Waals surface area contributed by atoms with Crippen LogP contribution >= 0.6 is 28.1 Å². The molecule has 0 aliphatic carbocycles. The quantitative estimate of drug-likeness (QED) is 0.430. The number of hydrogen-bond donors (Lipinski definition) is 2. The Morgan fingerprint density at radius 3 is 2.88 bits per heavy atom. The Kier molecular flexibility index (Phi) is 7.14. The first kappa shape index (κ1) is 18.4. The molecule has 2 rings (SSSR count). The molecule has 2 aromatic carbocycles. The fraction of sp³-hybridized carbons (Fsp3) is 0.176. The molecule has 0 heterocycles. The minimum atomic E-state index is -0.273. The molecule has 0 radical (unpaired) electrons. The molecular formula is C17H17BrFN3OS. The number of benzene rings is 2. The molecule has 0 saturated carbocycles. The number of hydrogen-bond acceptors (Lipinski definition) is 3. The topological polar surface area (TPSA) is 45.7 Å². The van der Waals surface area contributed by atoms with Crippen LogP contribution in [0.4, 0.5) is 4.39 Å². The van der Waals surface area contributed by atoms with Crippen LogP contribution in [0.1, 0.15) is 18.1 Å². The van der Waals surface area contributed by atoms with E-state index in [1.165, 1.54) is 12.1 Å². The summed E-state index contributed by atoms with van der Waals surface area (Å²) in [5.74, 6) is 0.400. The first-order chi connectivity index (χ1) is 11.6.